The molecule has 0 heterocycles. The van der Waals surface area contributed by atoms with E-state index in [2.05, 4.69) is 4.72 Å². The summed E-state index contributed by atoms with van der Waals surface area (Å²) in [4.78, 5) is 12.1. The largest absolute Gasteiger partial charge is 0.468 e. The molecule has 132 valence electrons. The number of methoxy groups -OCH3 is 1. The average molecular weight is 352 g/mol. The van der Waals surface area contributed by atoms with E-state index in [1.807, 2.05) is 0 Å². The van der Waals surface area contributed by atoms with E-state index >= 15 is 0 Å². The SMILES string of the molecule is COC(=O)C1(c2ccc(S(=O)(=O)NC3CCCC3CN)cc2)CC1. The molecule has 0 amide bonds. The maximum atomic E-state index is 12.6. The molecule has 3 rings (SSSR count). The van der Waals surface area contributed by atoms with Crippen LogP contribution in [-0.4, -0.2) is 34.1 Å². The Hall–Kier alpha value is -1.44. The molecule has 2 saturated carbocycles. The van der Waals surface area contributed by atoms with Gasteiger partial charge in [0, 0.05) is 6.04 Å². The lowest BCUT2D eigenvalue weighted by molar-refractivity contribution is -0.143. The Bertz CT molecular complexity index is 711. The molecule has 2 aliphatic carbocycles. The molecular formula is C17H24N2O4S. The number of rotatable bonds is 6. The number of nitrogens with two attached hydrogens (primary N) is 1. The number of esters is 1. The minimum absolute atomic E-state index is 0.0930. The van der Waals surface area contributed by atoms with Crippen molar-refractivity contribution in [3.63, 3.8) is 0 Å². The molecular weight excluding hydrogens is 328 g/mol. The highest BCUT2D eigenvalue weighted by Gasteiger charge is 2.52. The molecule has 24 heavy (non-hydrogen) atoms. The normalized spacial score (nSPS) is 25.4. The molecule has 7 heteroatoms. The van der Waals surface area contributed by atoms with E-state index in [1.54, 1.807) is 24.3 Å². The average Bonchev–Trinajstić information content (AvgIpc) is 3.29. The van der Waals surface area contributed by atoms with Gasteiger partial charge in [-0.05, 0) is 55.8 Å². The second kappa shape index (κ2) is 6.46. The standard InChI is InChI=1S/C17H24N2O4S/c1-23-16(20)17(9-10-17)13-5-7-14(8-6-13)24(21,22)19-15-4-2-3-12(15)11-18/h5-8,12,15,19H,2-4,9-11,18H2,1H3. The molecule has 0 spiro atoms. The summed E-state index contributed by atoms with van der Waals surface area (Å²) in [5.41, 5.74) is 5.95. The highest BCUT2D eigenvalue weighted by molar-refractivity contribution is 7.89. The summed E-state index contributed by atoms with van der Waals surface area (Å²) < 4.78 is 32.8. The van der Waals surface area contributed by atoms with Gasteiger partial charge in [-0.1, -0.05) is 18.6 Å². The first-order chi connectivity index (χ1) is 11.4. The molecule has 1 aromatic carbocycles. The van der Waals surface area contributed by atoms with E-state index < -0.39 is 15.4 Å². The number of carbonyl (C=O) groups is 1. The number of benzene rings is 1. The van der Waals surface area contributed by atoms with Gasteiger partial charge in [0.05, 0.1) is 17.4 Å². The van der Waals surface area contributed by atoms with Crippen LogP contribution in [0.15, 0.2) is 29.2 Å². The van der Waals surface area contributed by atoms with Crippen LogP contribution in [0.5, 0.6) is 0 Å². The maximum Gasteiger partial charge on any atom is 0.316 e. The monoisotopic (exact) mass is 352 g/mol. The minimum atomic E-state index is -3.58. The van der Waals surface area contributed by atoms with Crippen molar-refractivity contribution < 1.29 is 17.9 Å². The van der Waals surface area contributed by atoms with Crippen molar-refractivity contribution in [1.29, 1.82) is 0 Å². The predicted octanol–water partition coefficient (Wildman–Crippen LogP) is 1.30. The Morgan fingerprint density at radius 1 is 1.29 bits per heavy atom. The van der Waals surface area contributed by atoms with Gasteiger partial charge in [0.15, 0.2) is 0 Å². The maximum absolute atomic E-state index is 12.6. The van der Waals surface area contributed by atoms with E-state index in [1.165, 1.54) is 7.11 Å². The van der Waals surface area contributed by atoms with Gasteiger partial charge in [0.1, 0.15) is 0 Å². The van der Waals surface area contributed by atoms with Crippen LogP contribution in [0.25, 0.3) is 0 Å². The molecule has 0 bridgehead atoms. The Morgan fingerprint density at radius 3 is 2.50 bits per heavy atom. The van der Waals surface area contributed by atoms with Gasteiger partial charge in [-0.2, -0.15) is 0 Å². The fourth-order valence-electron chi connectivity index (χ4n) is 3.63. The van der Waals surface area contributed by atoms with E-state index in [4.69, 9.17) is 10.5 Å². The zero-order chi connectivity index (χ0) is 17.4. The molecule has 0 radical (unpaired) electrons. The summed E-state index contributed by atoms with van der Waals surface area (Å²) >= 11 is 0. The zero-order valence-corrected chi connectivity index (χ0v) is 14.6. The molecule has 2 fully saturated rings. The highest BCUT2D eigenvalue weighted by atomic mass is 32.2. The van der Waals surface area contributed by atoms with Gasteiger partial charge in [-0.25, -0.2) is 13.1 Å². The van der Waals surface area contributed by atoms with Crippen LogP contribution in [0.1, 0.15) is 37.7 Å². The summed E-state index contributed by atoms with van der Waals surface area (Å²) in [7, 11) is -2.20. The van der Waals surface area contributed by atoms with E-state index in [0.29, 0.717) is 6.54 Å². The summed E-state index contributed by atoms with van der Waals surface area (Å²) in [6.45, 7) is 0.494. The molecule has 6 nitrogen and oxygen atoms in total. The van der Waals surface area contributed by atoms with Crippen LogP contribution in [0.4, 0.5) is 0 Å². The van der Waals surface area contributed by atoms with Crippen molar-refractivity contribution in [2.75, 3.05) is 13.7 Å². The van der Waals surface area contributed by atoms with Crippen LogP contribution in [-0.2, 0) is 25.0 Å². The van der Waals surface area contributed by atoms with Gasteiger partial charge in [-0.15, -0.1) is 0 Å². The van der Waals surface area contributed by atoms with Crippen LogP contribution in [0, 0.1) is 5.92 Å². The predicted molar refractivity (Wildman–Crippen MR) is 89.9 cm³/mol. The van der Waals surface area contributed by atoms with Crippen LogP contribution >= 0.6 is 0 Å². The summed E-state index contributed by atoms with van der Waals surface area (Å²) in [6.07, 6.45) is 4.26. The third-order valence-corrected chi connectivity index (χ3v) is 6.82. The van der Waals surface area contributed by atoms with Crippen molar-refractivity contribution in [3.8, 4) is 0 Å². The number of hydrogen-bond acceptors (Lipinski definition) is 5. The molecule has 2 atom stereocenters. The Balaban J connectivity index is 1.76. The third-order valence-electron chi connectivity index (χ3n) is 5.31. The molecule has 0 aliphatic heterocycles. The number of carbonyl (C=O) groups excluding carboxylic acids is 1. The third kappa shape index (κ3) is 3.08. The number of hydrogen-bond donors (Lipinski definition) is 2. The summed E-state index contributed by atoms with van der Waals surface area (Å²) in [5, 5.41) is 0. The van der Waals surface area contributed by atoms with E-state index in [-0.39, 0.29) is 22.8 Å². The quantitative estimate of drug-likeness (QED) is 0.752. The van der Waals surface area contributed by atoms with Gasteiger partial charge >= 0.3 is 5.97 Å². The van der Waals surface area contributed by atoms with Gasteiger partial charge in [0.25, 0.3) is 0 Å². The number of nitrogens with one attached hydrogen (secondary N) is 1. The Morgan fingerprint density at radius 2 is 1.96 bits per heavy atom. The number of sulfonamides is 1. The lowest BCUT2D eigenvalue weighted by atomic mass is 9.96. The minimum Gasteiger partial charge on any atom is -0.468 e. The van der Waals surface area contributed by atoms with E-state index in [0.717, 1.165) is 37.7 Å². The fraction of sp³-hybridized carbons (Fsp3) is 0.588. The molecule has 3 N–H and O–H groups in total. The molecule has 0 saturated heterocycles. The van der Waals surface area contributed by atoms with Crippen LogP contribution in [0.3, 0.4) is 0 Å². The Kier molecular flexibility index (Phi) is 4.68. The van der Waals surface area contributed by atoms with E-state index in [9.17, 15) is 13.2 Å². The van der Waals surface area contributed by atoms with Crippen LogP contribution < -0.4 is 10.5 Å². The highest BCUT2D eigenvalue weighted by Crippen LogP contribution is 2.49. The van der Waals surface area contributed by atoms with Gasteiger partial charge < -0.3 is 10.5 Å². The second-order valence-corrected chi connectivity index (χ2v) is 8.47. The smallest absolute Gasteiger partial charge is 0.316 e. The molecule has 1 aromatic rings. The first-order valence-electron chi connectivity index (χ1n) is 8.34. The van der Waals surface area contributed by atoms with Gasteiger partial charge in [-0.3, -0.25) is 4.79 Å². The van der Waals surface area contributed by atoms with Crippen molar-refractivity contribution in [1.82, 2.24) is 4.72 Å². The molecule has 2 unspecified atom stereocenters. The molecule has 2 aliphatic rings. The summed E-state index contributed by atoms with van der Waals surface area (Å²) in [6, 6.07) is 6.46. The second-order valence-electron chi connectivity index (χ2n) is 6.75. The summed E-state index contributed by atoms with van der Waals surface area (Å²) in [5.74, 6) is -0.0546. The van der Waals surface area contributed by atoms with Crippen molar-refractivity contribution in [2.45, 2.75) is 48.5 Å². The van der Waals surface area contributed by atoms with Crippen molar-refractivity contribution >= 4 is 16.0 Å². The first-order valence-corrected chi connectivity index (χ1v) is 9.82. The first kappa shape index (κ1) is 17.4. The zero-order valence-electron chi connectivity index (χ0n) is 13.8. The van der Waals surface area contributed by atoms with Crippen molar-refractivity contribution in [2.24, 2.45) is 11.7 Å². The molecule has 0 aromatic heterocycles. The van der Waals surface area contributed by atoms with Gasteiger partial charge in [0.2, 0.25) is 10.0 Å². The number of ether oxygens (including phenoxy) is 1. The topological polar surface area (TPSA) is 98.5 Å². The fourth-order valence-corrected chi connectivity index (χ4v) is 4.96. The lowest BCUT2D eigenvalue weighted by Crippen LogP contribution is -2.39. The van der Waals surface area contributed by atoms with Crippen molar-refractivity contribution in [3.05, 3.63) is 29.8 Å². The van der Waals surface area contributed by atoms with Crippen LogP contribution in [0.2, 0.25) is 0 Å². The lowest BCUT2D eigenvalue weighted by Gasteiger charge is -2.20. The Labute approximate surface area is 142 Å².